The van der Waals surface area contributed by atoms with Gasteiger partial charge in [0.25, 0.3) is 7.37 Å². The molecule has 1 saturated carbocycles. The average Bonchev–Trinajstić information content (AvgIpc) is 2.39. The van der Waals surface area contributed by atoms with Crippen molar-refractivity contribution in [1.82, 2.24) is 0 Å². The molecule has 1 aliphatic rings. The summed E-state index contributed by atoms with van der Waals surface area (Å²) < 4.78 is 12.1. The van der Waals surface area contributed by atoms with Crippen LogP contribution in [0.25, 0.3) is 0 Å². The van der Waals surface area contributed by atoms with Crippen LogP contribution >= 0.6 is 7.37 Å². The fourth-order valence-electron chi connectivity index (χ4n) is 2.02. The highest BCUT2D eigenvalue weighted by Crippen LogP contribution is 2.40. The number of allylic oxidation sites excluding steroid dienone is 1. The first-order valence-electron chi connectivity index (χ1n) is 6.02. The molecule has 0 radical (unpaired) electrons. The second-order valence-electron chi connectivity index (χ2n) is 4.40. The Hall–Kier alpha value is -1.07. The van der Waals surface area contributed by atoms with E-state index >= 15 is 0 Å². The van der Waals surface area contributed by atoms with Crippen molar-refractivity contribution in [3.63, 3.8) is 0 Å². The number of hydrogen-bond donors (Lipinski definition) is 1. The van der Waals surface area contributed by atoms with Gasteiger partial charge in [-0.3, -0.25) is 4.57 Å². The first-order chi connectivity index (χ1) is 8.18. The van der Waals surface area contributed by atoms with Gasteiger partial charge < -0.3 is 4.89 Å². The van der Waals surface area contributed by atoms with Gasteiger partial charge in [0, 0.05) is 11.1 Å². The van der Waals surface area contributed by atoms with Gasteiger partial charge in [0.1, 0.15) is 0 Å². The number of rotatable bonds is 2. The summed E-state index contributed by atoms with van der Waals surface area (Å²) in [7, 11) is -3.37. The largest absolute Gasteiger partial charge is 0.338 e. The van der Waals surface area contributed by atoms with E-state index in [1.807, 2.05) is 6.07 Å². The van der Waals surface area contributed by atoms with Crippen LogP contribution in [0.1, 0.15) is 32.1 Å². The Labute approximate surface area is 102 Å². The van der Waals surface area contributed by atoms with Crippen LogP contribution in [0.15, 0.2) is 47.5 Å². The minimum Gasteiger partial charge on any atom is -0.338 e. The van der Waals surface area contributed by atoms with E-state index in [2.05, 4.69) is 5.73 Å². The highest BCUT2D eigenvalue weighted by atomic mass is 31.2. The Morgan fingerprint density at radius 2 is 1.76 bits per heavy atom. The summed E-state index contributed by atoms with van der Waals surface area (Å²) in [6.07, 6.45) is 5.66. The van der Waals surface area contributed by atoms with Gasteiger partial charge in [0.05, 0.1) is 0 Å². The molecule has 17 heavy (non-hydrogen) atoms. The zero-order valence-corrected chi connectivity index (χ0v) is 10.7. The molecule has 0 bridgehead atoms. The normalized spacial score (nSPS) is 19.2. The van der Waals surface area contributed by atoms with Crippen LogP contribution in [0.2, 0.25) is 0 Å². The number of hydrogen-bond acceptors (Lipinski definition) is 1. The third kappa shape index (κ3) is 3.44. The lowest BCUT2D eigenvalue weighted by molar-refractivity contribution is 0.500. The number of benzene rings is 1. The van der Waals surface area contributed by atoms with Gasteiger partial charge in [-0.2, -0.15) is 0 Å². The molecule has 1 aromatic carbocycles. The van der Waals surface area contributed by atoms with Crippen molar-refractivity contribution >= 4 is 12.7 Å². The first-order valence-corrected chi connectivity index (χ1v) is 7.75. The first kappa shape index (κ1) is 12.4. The van der Waals surface area contributed by atoms with Gasteiger partial charge in [-0.15, -0.1) is 5.73 Å². The smallest absolute Gasteiger partial charge is 0.259 e. The molecule has 1 unspecified atom stereocenters. The molecule has 0 spiro atoms. The van der Waals surface area contributed by atoms with Gasteiger partial charge in [-0.1, -0.05) is 24.6 Å². The maximum Gasteiger partial charge on any atom is 0.259 e. The van der Waals surface area contributed by atoms with E-state index in [0.717, 1.165) is 12.8 Å². The van der Waals surface area contributed by atoms with Crippen LogP contribution in [-0.4, -0.2) is 4.89 Å². The maximum absolute atomic E-state index is 12.1. The van der Waals surface area contributed by atoms with Crippen molar-refractivity contribution in [2.75, 3.05) is 0 Å². The molecule has 0 saturated heterocycles. The Morgan fingerprint density at radius 3 is 2.41 bits per heavy atom. The van der Waals surface area contributed by atoms with E-state index in [1.165, 1.54) is 30.7 Å². The van der Waals surface area contributed by atoms with Crippen LogP contribution in [0.4, 0.5) is 0 Å². The lowest BCUT2D eigenvalue weighted by Gasteiger charge is -2.11. The molecule has 1 N–H and O–H groups in total. The van der Waals surface area contributed by atoms with E-state index in [1.54, 1.807) is 24.3 Å². The fourth-order valence-corrected chi connectivity index (χ4v) is 3.12. The predicted octanol–water partition coefficient (Wildman–Crippen LogP) is 3.59. The lowest BCUT2D eigenvalue weighted by atomic mass is 9.96. The molecule has 0 aliphatic heterocycles. The molecule has 1 atom stereocenters. The topological polar surface area (TPSA) is 37.3 Å². The summed E-state index contributed by atoms with van der Waals surface area (Å²) >= 11 is 0. The van der Waals surface area contributed by atoms with Gasteiger partial charge in [-0.05, 0) is 43.4 Å². The van der Waals surface area contributed by atoms with Crippen molar-refractivity contribution in [3.8, 4) is 0 Å². The monoisotopic (exact) mass is 248 g/mol. The summed E-state index contributed by atoms with van der Waals surface area (Å²) in [6, 6.07) is 8.77. The second-order valence-corrected chi connectivity index (χ2v) is 6.42. The lowest BCUT2D eigenvalue weighted by Crippen LogP contribution is -2.00. The van der Waals surface area contributed by atoms with Gasteiger partial charge in [0.2, 0.25) is 0 Å². The van der Waals surface area contributed by atoms with Gasteiger partial charge in [-0.25, -0.2) is 0 Å². The van der Waals surface area contributed by atoms with E-state index in [9.17, 15) is 9.46 Å². The molecular weight excluding hydrogens is 231 g/mol. The molecule has 0 amide bonds. The average molecular weight is 248 g/mol. The third-order valence-electron chi connectivity index (χ3n) is 3.03. The van der Waals surface area contributed by atoms with Crippen molar-refractivity contribution in [3.05, 3.63) is 47.5 Å². The van der Waals surface area contributed by atoms with Crippen LogP contribution < -0.4 is 5.30 Å². The fraction of sp³-hybridized carbons (Fsp3) is 0.357. The highest BCUT2D eigenvalue weighted by Gasteiger charge is 2.16. The summed E-state index contributed by atoms with van der Waals surface area (Å²) in [5.74, 6) is 1.36. The van der Waals surface area contributed by atoms with Crippen LogP contribution in [0.5, 0.6) is 0 Å². The van der Waals surface area contributed by atoms with Crippen molar-refractivity contribution in [2.24, 2.45) is 0 Å². The molecule has 3 heteroatoms. The molecular formula is C14H17O2P. The van der Waals surface area contributed by atoms with Crippen molar-refractivity contribution in [2.45, 2.75) is 32.1 Å². The summed E-state index contributed by atoms with van der Waals surface area (Å²) in [6.45, 7) is 0. The van der Waals surface area contributed by atoms with Crippen molar-refractivity contribution in [1.29, 1.82) is 0 Å². The zero-order valence-electron chi connectivity index (χ0n) is 9.80. The van der Waals surface area contributed by atoms with Crippen LogP contribution in [-0.2, 0) is 4.57 Å². The summed E-state index contributed by atoms with van der Waals surface area (Å²) in [5, 5.41) is 0.476. The molecule has 0 aromatic heterocycles. The Morgan fingerprint density at radius 1 is 1.12 bits per heavy atom. The zero-order chi connectivity index (χ0) is 12.1. The molecule has 2 rings (SSSR count). The quantitative estimate of drug-likeness (QED) is 0.641. The maximum atomic E-state index is 12.1. The Bertz CT molecular complexity index is 476. The van der Waals surface area contributed by atoms with Crippen LogP contribution in [0, 0.1) is 0 Å². The summed E-state index contributed by atoms with van der Waals surface area (Å²) in [4.78, 5) is 9.94. The highest BCUT2D eigenvalue weighted by molar-refractivity contribution is 7.69. The minimum atomic E-state index is -3.37. The molecule has 2 nitrogen and oxygen atoms in total. The predicted molar refractivity (Wildman–Crippen MR) is 70.6 cm³/mol. The molecule has 90 valence electrons. The SMILES string of the molecule is O=P(O)(C=C=C1CCCCC1)c1ccccc1. The molecule has 1 fully saturated rings. The van der Waals surface area contributed by atoms with Gasteiger partial charge in [0.15, 0.2) is 0 Å². The standard InChI is InChI=1S/C14H17O2P/c15-17(16,14-9-5-2-6-10-14)12-11-13-7-3-1-4-8-13/h2,5-6,9-10,12H,1,3-4,7-8H2,(H,15,16). The molecule has 1 aromatic rings. The van der Waals surface area contributed by atoms with E-state index in [4.69, 9.17) is 0 Å². The Kier molecular flexibility index (Phi) is 4.02. The molecule has 1 aliphatic carbocycles. The summed E-state index contributed by atoms with van der Waals surface area (Å²) in [5.41, 5.74) is 4.22. The third-order valence-corrected chi connectivity index (χ3v) is 4.54. The van der Waals surface area contributed by atoms with E-state index in [0.29, 0.717) is 5.30 Å². The van der Waals surface area contributed by atoms with Gasteiger partial charge >= 0.3 is 0 Å². The minimum absolute atomic E-state index is 0.476. The Balaban J connectivity index is 2.22. The molecule has 0 heterocycles. The van der Waals surface area contributed by atoms with E-state index in [-0.39, 0.29) is 0 Å². The van der Waals surface area contributed by atoms with Crippen molar-refractivity contribution < 1.29 is 9.46 Å². The van der Waals surface area contributed by atoms with E-state index < -0.39 is 7.37 Å². The second kappa shape index (κ2) is 5.51. The van der Waals surface area contributed by atoms with Crippen LogP contribution in [0.3, 0.4) is 0 Å².